The fourth-order valence-electron chi connectivity index (χ4n) is 0.981. The van der Waals surface area contributed by atoms with Crippen LogP contribution in [0.3, 0.4) is 0 Å². The Labute approximate surface area is 94.3 Å². The highest BCUT2D eigenvalue weighted by Crippen LogP contribution is 2.12. The highest BCUT2D eigenvalue weighted by Gasteiger charge is 2.26. The second kappa shape index (κ2) is 4.11. The van der Waals surface area contributed by atoms with Crippen LogP contribution in [0.15, 0.2) is 11.2 Å². The molecule has 1 aromatic heterocycles. The Kier molecular flexibility index (Phi) is 3.42. The number of alkyl halides is 1. The van der Waals surface area contributed by atoms with Crippen LogP contribution in [-0.4, -0.2) is 29.8 Å². The minimum Gasteiger partial charge on any atom is -0.332 e. The lowest BCUT2D eigenvalue weighted by atomic mass is 10.1. The molecule has 0 aromatic carbocycles. The van der Waals surface area contributed by atoms with E-state index in [-0.39, 0.29) is 10.9 Å². The van der Waals surface area contributed by atoms with E-state index in [0.29, 0.717) is 5.82 Å². The third-order valence-electron chi connectivity index (χ3n) is 1.71. The van der Waals surface area contributed by atoms with Gasteiger partial charge >= 0.3 is 0 Å². The molecule has 1 heterocycles. The molecule has 0 spiro atoms. The van der Waals surface area contributed by atoms with E-state index in [1.165, 1.54) is 6.20 Å². The van der Waals surface area contributed by atoms with Crippen LogP contribution in [0.1, 0.15) is 19.7 Å². The summed E-state index contributed by atoms with van der Waals surface area (Å²) in [5, 5.41) is 0.0539. The van der Waals surface area contributed by atoms with Crippen LogP contribution in [0.2, 0.25) is 0 Å². The van der Waals surface area contributed by atoms with Crippen molar-refractivity contribution < 1.29 is 8.42 Å². The summed E-state index contributed by atoms with van der Waals surface area (Å²) < 4.78 is 26.0. The zero-order valence-electron chi connectivity index (χ0n) is 8.83. The molecule has 5 nitrogen and oxygen atoms in total. The molecule has 7 heteroatoms. The van der Waals surface area contributed by atoms with E-state index in [4.69, 9.17) is 11.6 Å². The highest BCUT2D eigenvalue weighted by atomic mass is 35.5. The largest absolute Gasteiger partial charge is 0.332 e. The molecule has 0 amide bonds. The average Bonchev–Trinajstić information content (AvgIpc) is 2.51. The molecule has 0 aliphatic carbocycles. The topological polar surface area (TPSA) is 74.8 Å². The maximum atomic E-state index is 11.8. The lowest BCUT2D eigenvalue weighted by molar-refractivity contribution is 0.494. The van der Waals surface area contributed by atoms with Gasteiger partial charge in [-0.05, 0) is 20.8 Å². The lowest BCUT2D eigenvalue weighted by Crippen LogP contribution is -2.44. The van der Waals surface area contributed by atoms with Gasteiger partial charge in [0.2, 0.25) is 0 Å². The summed E-state index contributed by atoms with van der Waals surface area (Å²) in [6.07, 6.45) is 1.28. The highest BCUT2D eigenvalue weighted by molar-refractivity contribution is 7.89. The van der Waals surface area contributed by atoms with Gasteiger partial charge in [-0.1, -0.05) is 0 Å². The lowest BCUT2D eigenvalue weighted by Gasteiger charge is -2.22. The van der Waals surface area contributed by atoms with Gasteiger partial charge < -0.3 is 4.98 Å². The van der Waals surface area contributed by atoms with Gasteiger partial charge in [0.05, 0.1) is 6.20 Å². The van der Waals surface area contributed by atoms with E-state index in [9.17, 15) is 8.42 Å². The summed E-state index contributed by atoms with van der Waals surface area (Å²) in [6.45, 7) is 5.10. The summed E-state index contributed by atoms with van der Waals surface area (Å²) in [7, 11) is -3.56. The number of sulfonamides is 1. The Bertz CT molecular complexity index is 438. The number of aryl methyl sites for hydroxylation is 1. The second-order valence-corrected chi connectivity index (χ2v) is 5.87. The molecule has 15 heavy (non-hydrogen) atoms. The molecule has 0 radical (unpaired) electrons. The summed E-state index contributed by atoms with van der Waals surface area (Å²) in [5.41, 5.74) is -0.681. The van der Waals surface area contributed by atoms with Gasteiger partial charge in [0.1, 0.15) is 5.82 Å². The first-order valence-corrected chi connectivity index (χ1v) is 6.40. The molecular formula is C8H14ClN3O2S. The summed E-state index contributed by atoms with van der Waals surface area (Å²) in [5.74, 6) is 0.748. The predicted octanol–water partition coefficient (Wildman–Crippen LogP) is 1.01. The van der Waals surface area contributed by atoms with Crippen LogP contribution < -0.4 is 4.72 Å². The zero-order chi connectivity index (χ0) is 11.7. The van der Waals surface area contributed by atoms with Crippen LogP contribution in [0.5, 0.6) is 0 Å². The molecule has 0 saturated heterocycles. The standard InChI is InChI=1S/C8H14ClN3O2S/c1-6-10-4-7(11-6)15(13,14)12-8(2,3)5-9/h4,12H,5H2,1-3H3,(H,10,11). The normalized spacial score (nSPS) is 13.1. The van der Waals surface area contributed by atoms with Gasteiger partial charge in [0.15, 0.2) is 5.03 Å². The molecule has 1 aromatic rings. The monoisotopic (exact) mass is 251 g/mol. The van der Waals surface area contributed by atoms with Crippen LogP contribution in [0.4, 0.5) is 0 Å². The molecule has 0 atom stereocenters. The quantitative estimate of drug-likeness (QED) is 0.785. The van der Waals surface area contributed by atoms with Crippen molar-refractivity contribution in [2.75, 3.05) is 5.88 Å². The van der Waals surface area contributed by atoms with Crippen molar-refractivity contribution in [1.82, 2.24) is 14.7 Å². The maximum absolute atomic E-state index is 11.8. The number of nitrogens with one attached hydrogen (secondary N) is 2. The molecule has 0 bridgehead atoms. The number of hydrogen-bond donors (Lipinski definition) is 2. The smallest absolute Gasteiger partial charge is 0.258 e. The van der Waals surface area contributed by atoms with E-state index in [2.05, 4.69) is 14.7 Å². The minimum absolute atomic E-state index is 0.0539. The van der Waals surface area contributed by atoms with Crippen LogP contribution in [0.25, 0.3) is 0 Å². The van der Waals surface area contributed by atoms with Crippen molar-refractivity contribution >= 4 is 21.6 Å². The van der Waals surface area contributed by atoms with Gasteiger partial charge in [-0.25, -0.2) is 18.1 Å². The summed E-state index contributed by atoms with van der Waals surface area (Å²) in [6, 6.07) is 0. The van der Waals surface area contributed by atoms with Gasteiger partial charge in [-0.15, -0.1) is 11.6 Å². The Morgan fingerprint density at radius 2 is 2.20 bits per heavy atom. The molecule has 0 fully saturated rings. The van der Waals surface area contributed by atoms with Gasteiger partial charge in [-0.3, -0.25) is 0 Å². The second-order valence-electron chi connectivity index (χ2n) is 3.96. The third-order valence-corrected chi connectivity index (χ3v) is 3.99. The third kappa shape index (κ3) is 3.19. The number of halogens is 1. The van der Waals surface area contributed by atoms with E-state index in [1.54, 1.807) is 20.8 Å². The number of hydrogen-bond acceptors (Lipinski definition) is 3. The van der Waals surface area contributed by atoms with Crippen molar-refractivity contribution in [1.29, 1.82) is 0 Å². The Morgan fingerprint density at radius 1 is 1.60 bits per heavy atom. The van der Waals surface area contributed by atoms with Gasteiger partial charge in [0, 0.05) is 11.4 Å². The molecule has 0 unspecified atom stereocenters. The summed E-state index contributed by atoms with van der Waals surface area (Å²) in [4.78, 5) is 6.49. The Balaban J connectivity index is 2.95. The minimum atomic E-state index is -3.56. The molecule has 0 saturated carbocycles. The van der Waals surface area contributed by atoms with E-state index >= 15 is 0 Å². The fourth-order valence-corrected chi connectivity index (χ4v) is 2.51. The van der Waals surface area contributed by atoms with E-state index < -0.39 is 15.6 Å². The molecule has 0 aliphatic rings. The number of H-pyrrole nitrogens is 1. The number of nitrogens with zero attached hydrogens (tertiary/aromatic N) is 1. The van der Waals surface area contributed by atoms with Crippen LogP contribution in [-0.2, 0) is 10.0 Å². The molecule has 1 rings (SSSR count). The number of rotatable bonds is 4. The Morgan fingerprint density at radius 3 is 2.60 bits per heavy atom. The molecule has 2 N–H and O–H groups in total. The van der Waals surface area contributed by atoms with Gasteiger partial charge in [-0.2, -0.15) is 0 Å². The van der Waals surface area contributed by atoms with Crippen molar-refractivity contribution in [2.45, 2.75) is 31.3 Å². The SMILES string of the molecule is Cc1ncc(S(=O)(=O)NC(C)(C)CCl)[nH]1. The first-order chi connectivity index (χ1) is 6.77. The van der Waals surface area contributed by atoms with Crippen molar-refractivity contribution in [2.24, 2.45) is 0 Å². The number of imidazole rings is 1. The first-order valence-electron chi connectivity index (χ1n) is 4.38. The van der Waals surface area contributed by atoms with E-state index in [0.717, 1.165) is 0 Å². The molecule has 86 valence electrons. The first kappa shape index (κ1) is 12.5. The number of aromatic amines is 1. The van der Waals surface area contributed by atoms with Crippen LogP contribution >= 0.6 is 11.6 Å². The molecule has 0 aliphatic heterocycles. The van der Waals surface area contributed by atoms with Crippen LogP contribution in [0, 0.1) is 6.92 Å². The predicted molar refractivity (Wildman–Crippen MR) is 58.4 cm³/mol. The Hall–Kier alpha value is -0.590. The van der Waals surface area contributed by atoms with Gasteiger partial charge in [0.25, 0.3) is 10.0 Å². The summed E-state index contributed by atoms with van der Waals surface area (Å²) >= 11 is 5.64. The van der Waals surface area contributed by atoms with Crippen molar-refractivity contribution in [3.05, 3.63) is 12.0 Å². The zero-order valence-corrected chi connectivity index (χ0v) is 10.4. The van der Waals surface area contributed by atoms with Crippen molar-refractivity contribution in [3.63, 3.8) is 0 Å². The fraction of sp³-hybridized carbons (Fsp3) is 0.625. The number of aromatic nitrogens is 2. The average molecular weight is 252 g/mol. The van der Waals surface area contributed by atoms with E-state index in [1.807, 2.05) is 0 Å². The maximum Gasteiger partial charge on any atom is 0.258 e. The van der Waals surface area contributed by atoms with Crippen molar-refractivity contribution in [3.8, 4) is 0 Å². The molecular weight excluding hydrogens is 238 g/mol.